The average molecular weight is 300 g/mol. The van der Waals surface area contributed by atoms with Crippen LogP contribution in [-0.4, -0.2) is 18.2 Å². The second kappa shape index (κ2) is 8.38. The Kier molecular flexibility index (Phi) is 6.81. The minimum atomic E-state index is -2.46. The number of nitrogens with one attached hydrogen (secondary N) is 1. The highest BCUT2D eigenvalue weighted by atomic mass is 32.2. The lowest BCUT2D eigenvalue weighted by molar-refractivity contribution is -0.117. The first-order valence-electron chi connectivity index (χ1n) is 5.95. The fraction of sp³-hybridized carbons (Fsp3) is 0.385. The molecule has 0 bridgehead atoms. The lowest BCUT2D eigenvalue weighted by Crippen LogP contribution is -2.25. The Morgan fingerprint density at radius 2 is 2.35 bits per heavy atom. The van der Waals surface area contributed by atoms with Gasteiger partial charge in [-0.2, -0.15) is 14.0 Å². The fourth-order valence-corrected chi connectivity index (χ4v) is 1.76. The molecule has 1 N–H and O–H groups in total. The third-order valence-corrected chi connectivity index (χ3v) is 2.92. The second-order valence-electron chi connectivity index (χ2n) is 3.80. The van der Waals surface area contributed by atoms with E-state index >= 15 is 0 Å². The van der Waals surface area contributed by atoms with Crippen molar-refractivity contribution in [1.29, 1.82) is 5.26 Å². The highest BCUT2D eigenvalue weighted by molar-refractivity contribution is 7.98. The maximum atomic E-state index is 12.0. The number of furan rings is 1. The summed E-state index contributed by atoms with van der Waals surface area (Å²) in [5.74, 6) is -2.25. The molecule has 0 aliphatic heterocycles. The van der Waals surface area contributed by atoms with Gasteiger partial charge in [-0.25, -0.2) is 0 Å². The number of nitrogens with zero attached hydrogens (tertiary/aromatic N) is 1. The molecule has 0 atom stereocenters. The third kappa shape index (κ3) is 5.45. The topological polar surface area (TPSA) is 66.0 Å². The predicted molar refractivity (Wildman–Crippen MR) is 72.9 cm³/mol. The summed E-state index contributed by atoms with van der Waals surface area (Å²) in [4.78, 5) is 11.6. The van der Waals surface area contributed by atoms with Gasteiger partial charge in [0.25, 0.3) is 11.7 Å². The quantitative estimate of drug-likeness (QED) is 0.620. The molecule has 7 heteroatoms. The molecule has 0 aliphatic rings. The van der Waals surface area contributed by atoms with Crippen molar-refractivity contribution in [1.82, 2.24) is 5.32 Å². The molecule has 4 nitrogen and oxygen atoms in total. The molecule has 0 fully saturated rings. The maximum absolute atomic E-state index is 12.0. The SMILES string of the molecule is CCCNC(=O)/C(C#N)=C/c1ccc(CSC(F)F)o1. The number of carbonyl (C=O) groups excluding carboxylic acids is 1. The molecule has 0 radical (unpaired) electrons. The van der Waals surface area contributed by atoms with Gasteiger partial charge >= 0.3 is 0 Å². The number of halogens is 2. The highest BCUT2D eigenvalue weighted by Crippen LogP contribution is 2.22. The summed E-state index contributed by atoms with van der Waals surface area (Å²) in [7, 11) is 0. The van der Waals surface area contributed by atoms with Gasteiger partial charge in [0.2, 0.25) is 0 Å². The number of carbonyl (C=O) groups is 1. The first-order chi connectivity index (χ1) is 9.56. The van der Waals surface area contributed by atoms with Crippen LogP contribution in [0.25, 0.3) is 6.08 Å². The minimum absolute atomic E-state index is 0.0371. The van der Waals surface area contributed by atoms with Crippen molar-refractivity contribution in [2.24, 2.45) is 0 Å². The summed E-state index contributed by atoms with van der Waals surface area (Å²) in [5, 5.41) is 11.5. The third-order valence-electron chi connectivity index (χ3n) is 2.22. The van der Waals surface area contributed by atoms with E-state index in [9.17, 15) is 13.6 Å². The van der Waals surface area contributed by atoms with E-state index in [-0.39, 0.29) is 17.1 Å². The second-order valence-corrected chi connectivity index (χ2v) is 4.78. The molecule has 0 aromatic carbocycles. The zero-order valence-corrected chi connectivity index (χ0v) is 11.7. The standard InChI is InChI=1S/C13H14F2N2O2S/c1-2-5-17-12(18)9(7-16)6-10-3-4-11(19-10)8-20-13(14)15/h3-4,6,13H,2,5,8H2,1H3,(H,17,18)/b9-6+. The molecule has 0 spiro atoms. The number of alkyl halides is 2. The van der Waals surface area contributed by atoms with Crippen LogP contribution in [0.2, 0.25) is 0 Å². The zero-order valence-electron chi connectivity index (χ0n) is 10.9. The van der Waals surface area contributed by atoms with Crippen LogP contribution in [0.5, 0.6) is 0 Å². The first-order valence-corrected chi connectivity index (χ1v) is 7.00. The lowest BCUT2D eigenvalue weighted by atomic mass is 10.2. The smallest absolute Gasteiger partial charge is 0.284 e. The van der Waals surface area contributed by atoms with Crippen LogP contribution in [-0.2, 0) is 10.5 Å². The van der Waals surface area contributed by atoms with Crippen molar-refractivity contribution >= 4 is 23.7 Å². The number of nitriles is 1. The maximum Gasteiger partial charge on any atom is 0.284 e. The molecule has 0 aliphatic carbocycles. The lowest BCUT2D eigenvalue weighted by Gasteiger charge is -2.00. The van der Waals surface area contributed by atoms with Crippen molar-refractivity contribution in [3.05, 3.63) is 29.2 Å². The van der Waals surface area contributed by atoms with Gasteiger partial charge in [0, 0.05) is 12.6 Å². The van der Waals surface area contributed by atoms with Gasteiger partial charge in [0.1, 0.15) is 23.2 Å². The number of hydrogen-bond donors (Lipinski definition) is 1. The van der Waals surface area contributed by atoms with Gasteiger partial charge in [0.15, 0.2) is 0 Å². The molecule has 108 valence electrons. The van der Waals surface area contributed by atoms with Crippen LogP contribution in [0.3, 0.4) is 0 Å². The van der Waals surface area contributed by atoms with Crippen LogP contribution in [0.4, 0.5) is 8.78 Å². The monoisotopic (exact) mass is 300 g/mol. The van der Waals surface area contributed by atoms with E-state index in [0.717, 1.165) is 6.42 Å². The van der Waals surface area contributed by atoms with Crippen LogP contribution < -0.4 is 5.32 Å². The van der Waals surface area contributed by atoms with Crippen molar-refractivity contribution in [2.45, 2.75) is 24.9 Å². The van der Waals surface area contributed by atoms with Crippen molar-refractivity contribution in [3.8, 4) is 6.07 Å². The molecule has 1 aromatic heterocycles. The molecule has 20 heavy (non-hydrogen) atoms. The van der Waals surface area contributed by atoms with E-state index < -0.39 is 11.7 Å². The van der Waals surface area contributed by atoms with Gasteiger partial charge in [-0.1, -0.05) is 18.7 Å². The molecule has 1 aromatic rings. The Morgan fingerprint density at radius 1 is 1.60 bits per heavy atom. The van der Waals surface area contributed by atoms with E-state index in [1.807, 2.05) is 6.92 Å². The Morgan fingerprint density at radius 3 is 2.95 bits per heavy atom. The van der Waals surface area contributed by atoms with E-state index in [1.54, 1.807) is 12.1 Å². The summed E-state index contributed by atoms with van der Waals surface area (Å²) in [5.41, 5.74) is -0.0825. The van der Waals surface area contributed by atoms with E-state index in [4.69, 9.17) is 9.68 Å². The molecule has 1 rings (SSSR count). The Labute approximate surface area is 119 Å². The summed E-state index contributed by atoms with van der Waals surface area (Å²) in [6.45, 7) is 2.38. The number of thioether (sulfide) groups is 1. The molecule has 0 unspecified atom stereocenters. The predicted octanol–water partition coefficient (Wildman–Crippen LogP) is 3.17. The number of rotatable bonds is 7. The molecule has 0 saturated heterocycles. The van der Waals surface area contributed by atoms with Crippen LogP contribution in [0, 0.1) is 11.3 Å². The van der Waals surface area contributed by atoms with Crippen LogP contribution in [0.1, 0.15) is 24.9 Å². The van der Waals surface area contributed by atoms with Crippen LogP contribution >= 0.6 is 11.8 Å². The number of amides is 1. The Balaban J connectivity index is 2.71. The zero-order chi connectivity index (χ0) is 15.0. The average Bonchev–Trinajstić information content (AvgIpc) is 2.87. The van der Waals surface area contributed by atoms with Gasteiger partial charge in [-0.3, -0.25) is 4.79 Å². The summed E-state index contributed by atoms with van der Waals surface area (Å²) >= 11 is 0.448. The van der Waals surface area contributed by atoms with E-state index in [2.05, 4.69) is 5.32 Å². The summed E-state index contributed by atoms with van der Waals surface area (Å²) in [6.07, 6.45) is 2.06. The molecular formula is C13H14F2N2O2S. The van der Waals surface area contributed by atoms with Crippen molar-refractivity contribution in [2.75, 3.05) is 6.54 Å². The van der Waals surface area contributed by atoms with Crippen LogP contribution in [0.15, 0.2) is 22.1 Å². The van der Waals surface area contributed by atoms with Gasteiger partial charge in [-0.15, -0.1) is 0 Å². The van der Waals surface area contributed by atoms with Gasteiger partial charge in [0.05, 0.1) is 5.75 Å². The normalized spacial score (nSPS) is 11.4. The molecule has 1 amide bonds. The largest absolute Gasteiger partial charge is 0.461 e. The molecule has 0 saturated carbocycles. The molecular weight excluding hydrogens is 286 g/mol. The van der Waals surface area contributed by atoms with Gasteiger partial charge < -0.3 is 9.73 Å². The Bertz CT molecular complexity index is 521. The van der Waals surface area contributed by atoms with Crippen molar-refractivity contribution < 1.29 is 18.0 Å². The Hall–Kier alpha value is -1.81. The minimum Gasteiger partial charge on any atom is -0.461 e. The number of hydrogen-bond acceptors (Lipinski definition) is 4. The van der Waals surface area contributed by atoms with Gasteiger partial charge in [-0.05, 0) is 18.6 Å². The summed E-state index contributed by atoms with van der Waals surface area (Å²) in [6, 6.07) is 4.86. The fourth-order valence-electron chi connectivity index (χ4n) is 1.32. The van der Waals surface area contributed by atoms with E-state index in [1.165, 1.54) is 12.1 Å². The summed E-state index contributed by atoms with van der Waals surface area (Å²) < 4.78 is 29.3. The molecule has 1 heterocycles. The first kappa shape index (κ1) is 16.2. The van der Waals surface area contributed by atoms with Crippen molar-refractivity contribution in [3.63, 3.8) is 0 Å². The van der Waals surface area contributed by atoms with E-state index in [0.29, 0.717) is 24.1 Å². The highest BCUT2D eigenvalue weighted by Gasteiger charge is 2.10.